The van der Waals surface area contributed by atoms with Crippen molar-refractivity contribution < 1.29 is 4.79 Å². The van der Waals surface area contributed by atoms with Crippen LogP contribution in [0.5, 0.6) is 0 Å². The van der Waals surface area contributed by atoms with E-state index >= 15 is 0 Å². The number of anilines is 1. The molecule has 0 saturated heterocycles. The highest BCUT2D eigenvalue weighted by molar-refractivity contribution is 5.78. The molecule has 0 fully saturated rings. The minimum atomic E-state index is 0.0161. The highest BCUT2D eigenvalue weighted by Crippen LogP contribution is 2.17. The summed E-state index contributed by atoms with van der Waals surface area (Å²) in [7, 11) is 0. The van der Waals surface area contributed by atoms with Gasteiger partial charge in [0.15, 0.2) is 0 Å². The molecule has 0 aliphatic rings. The maximum Gasteiger partial charge on any atom is 0.225 e. The second-order valence-electron chi connectivity index (χ2n) is 4.91. The van der Waals surface area contributed by atoms with Crippen molar-refractivity contribution in [1.29, 1.82) is 0 Å². The van der Waals surface area contributed by atoms with Crippen molar-refractivity contribution in [2.24, 2.45) is 5.92 Å². The molecular weight excluding hydrogens is 212 g/mol. The van der Waals surface area contributed by atoms with E-state index in [1.165, 1.54) is 0 Å². The van der Waals surface area contributed by atoms with E-state index in [1.807, 2.05) is 56.9 Å². The molecule has 3 nitrogen and oxygen atoms in total. The van der Waals surface area contributed by atoms with E-state index in [9.17, 15) is 4.79 Å². The summed E-state index contributed by atoms with van der Waals surface area (Å²) in [5.41, 5.74) is 7.66. The molecule has 3 heteroatoms. The fourth-order valence-electron chi connectivity index (χ4n) is 1.71. The lowest BCUT2D eigenvalue weighted by Crippen LogP contribution is -2.39. The van der Waals surface area contributed by atoms with Crippen LogP contribution in [-0.4, -0.2) is 16.8 Å². The molecule has 0 bridgehead atoms. The Morgan fingerprint density at radius 1 is 1.24 bits per heavy atom. The van der Waals surface area contributed by atoms with Crippen molar-refractivity contribution in [1.82, 2.24) is 4.90 Å². The SMILES string of the molecule is CC(C)C(=O)N(Cc1ccccc1N)C(C)C. The summed E-state index contributed by atoms with van der Waals surface area (Å²) in [5.74, 6) is 0.186. The molecule has 94 valence electrons. The predicted molar refractivity (Wildman–Crippen MR) is 71.4 cm³/mol. The van der Waals surface area contributed by atoms with Crippen LogP contribution in [-0.2, 0) is 11.3 Å². The third kappa shape index (κ3) is 3.48. The van der Waals surface area contributed by atoms with E-state index in [1.54, 1.807) is 0 Å². The normalized spacial score (nSPS) is 10.9. The van der Waals surface area contributed by atoms with Gasteiger partial charge in [0, 0.05) is 24.2 Å². The van der Waals surface area contributed by atoms with Gasteiger partial charge in [-0.1, -0.05) is 32.0 Å². The Hall–Kier alpha value is -1.51. The summed E-state index contributed by atoms with van der Waals surface area (Å²) in [6, 6.07) is 7.88. The zero-order valence-electron chi connectivity index (χ0n) is 11.1. The Morgan fingerprint density at radius 2 is 1.82 bits per heavy atom. The standard InChI is InChI=1S/C14H22N2O/c1-10(2)14(17)16(11(3)4)9-12-7-5-6-8-13(12)15/h5-8,10-11H,9,15H2,1-4H3. The highest BCUT2D eigenvalue weighted by Gasteiger charge is 2.20. The molecule has 17 heavy (non-hydrogen) atoms. The first-order valence-corrected chi connectivity index (χ1v) is 6.07. The van der Waals surface area contributed by atoms with E-state index in [-0.39, 0.29) is 17.9 Å². The average Bonchev–Trinajstić information content (AvgIpc) is 2.26. The van der Waals surface area contributed by atoms with Crippen LogP contribution in [0.15, 0.2) is 24.3 Å². The summed E-state index contributed by atoms with van der Waals surface area (Å²) in [6.45, 7) is 8.48. The molecule has 0 unspecified atom stereocenters. The fourth-order valence-corrected chi connectivity index (χ4v) is 1.71. The molecule has 1 aromatic rings. The Balaban J connectivity index is 2.88. The first-order chi connectivity index (χ1) is 7.93. The van der Waals surface area contributed by atoms with Gasteiger partial charge < -0.3 is 10.6 Å². The van der Waals surface area contributed by atoms with Crippen molar-refractivity contribution in [3.63, 3.8) is 0 Å². The Morgan fingerprint density at radius 3 is 2.29 bits per heavy atom. The van der Waals surface area contributed by atoms with Gasteiger partial charge >= 0.3 is 0 Å². The number of para-hydroxylation sites is 1. The first kappa shape index (κ1) is 13.6. The van der Waals surface area contributed by atoms with Crippen LogP contribution in [0, 0.1) is 5.92 Å². The number of carbonyl (C=O) groups excluding carboxylic acids is 1. The maximum atomic E-state index is 12.1. The second kappa shape index (κ2) is 5.71. The predicted octanol–water partition coefficient (Wildman–Crippen LogP) is 2.66. The molecule has 0 saturated carbocycles. The van der Waals surface area contributed by atoms with Gasteiger partial charge in [0.25, 0.3) is 0 Å². The second-order valence-corrected chi connectivity index (χ2v) is 4.91. The van der Waals surface area contributed by atoms with Crippen molar-refractivity contribution >= 4 is 11.6 Å². The van der Waals surface area contributed by atoms with E-state index < -0.39 is 0 Å². The van der Waals surface area contributed by atoms with Crippen molar-refractivity contribution in [2.75, 3.05) is 5.73 Å². The highest BCUT2D eigenvalue weighted by atomic mass is 16.2. The minimum Gasteiger partial charge on any atom is -0.398 e. The number of rotatable bonds is 4. The maximum absolute atomic E-state index is 12.1. The van der Waals surface area contributed by atoms with Gasteiger partial charge in [-0.05, 0) is 25.5 Å². The Kier molecular flexibility index (Phi) is 4.55. The number of benzene rings is 1. The van der Waals surface area contributed by atoms with Crippen LogP contribution < -0.4 is 5.73 Å². The Bertz CT molecular complexity index is 386. The molecule has 1 aromatic carbocycles. The van der Waals surface area contributed by atoms with Gasteiger partial charge in [0.05, 0.1) is 0 Å². The largest absolute Gasteiger partial charge is 0.398 e. The van der Waals surface area contributed by atoms with Crippen LogP contribution >= 0.6 is 0 Å². The van der Waals surface area contributed by atoms with Crippen LogP contribution in [0.4, 0.5) is 5.69 Å². The molecule has 2 N–H and O–H groups in total. The monoisotopic (exact) mass is 234 g/mol. The molecule has 0 aliphatic carbocycles. The number of hydrogen-bond donors (Lipinski definition) is 1. The zero-order chi connectivity index (χ0) is 13.0. The van der Waals surface area contributed by atoms with Crippen molar-refractivity contribution in [3.8, 4) is 0 Å². The smallest absolute Gasteiger partial charge is 0.225 e. The molecule has 1 rings (SSSR count). The van der Waals surface area contributed by atoms with E-state index in [2.05, 4.69) is 0 Å². The van der Waals surface area contributed by atoms with Gasteiger partial charge in [0.1, 0.15) is 0 Å². The molecule has 1 amide bonds. The molecule has 0 spiro atoms. The number of carbonyl (C=O) groups is 1. The number of amides is 1. The van der Waals surface area contributed by atoms with Crippen LogP contribution in [0.2, 0.25) is 0 Å². The lowest BCUT2D eigenvalue weighted by molar-refractivity contribution is -0.136. The van der Waals surface area contributed by atoms with E-state index in [0.717, 1.165) is 11.3 Å². The van der Waals surface area contributed by atoms with Gasteiger partial charge in [-0.15, -0.1) is 0 Å². The topological polar surface area (TPSA) is 46.3 Å². The molecular formula is C14H22N2O. The number of hydrogen-bond acceptors (Lipinski definition) is 2. The average molecular weight is 234 g/mol. The lowest BCUT2D eigenvalue weighted by atomic mass is 10.1. The number of nitrogen functional groups attached to an aromatic ring is 1. The van der Waals surface area contributed by atoms with Crippen LogP contribution in [0.3, 0.4) is 0 Å². The lowest BCUT2D eigenvalue weighted by Gasteiger charge is -2.29. The summed E-state index contributed by atoms with van der Waals surface area (Å²) < 4.78 is 0. The van der Waals surface area contributed by atoms with E-state index in [4.69, 9.17) is 5.73 Å². The van der Waals surface area contributed by atoms with Crippen LogP contribution in [0.25, 0.3) is 0 Å². The zero-order valence-corrected chi connectivity index (χ0v) is 11.1. The summed E-state index contributed by atoms with van der Waals surface area (Å²) >= 11 is 0. The van der Waals surface area contributed by atoms with Gasteiger partial charge in [-0.25, -0.2) is 0 Å². The third-order valence-corrected chi connectivity index (χ3v) is 2.80. The Labute approximate surface area is 104 Å². The quantitative estimate of drug-likeness (QED) is 0.814. The van der Waals surface area contributed by atoms with Crippen molar-refractivity contribution in [3.05, 3.63) is 29.8 Å². The summed E-state index contributed by atoms with van der Waals surface area (Å²) in [4.78, 5) is 14.0. The molecule has 0 heterocycles. The summed E-state index contributed by atoms with van der Waals surface area (Å²) in [6.07, 6.45) is 0. The number of nitrogens with two attached hydrogens (primary N) is 1. The molecule has 0 aromatic heterocycles. The van der Waals surface area contributed by atoms with Gasteiger partial charge in [0.2, 0.25) is 5.91 Å². The number of nitrogens with zero attached hydrogens (tertiary/aromatic N) is 1. The van der Waals surface area contributed by atoms with Gasteiger partial charge in [-0.3, -0.25) is 4.79 Å². The fraction of sp³-hybridized carbons (Fsp3) is 0.500. The third-order valence-electron chi connectivity index (χ3n) is 2.80. The van der Waals surface area contributed by atoms with Crippen molar-refractivity contribution in [2.45, 2.75) is 40.3 Å². The minimum absolute atomic E-state index is 0.0161. The van der Waals surface area contributed by atoms with E-state index in [0.29, 0.717) is 6.54 Å². The van der Waals surface area contributed by atoms with Crippen LogP contribution in [0.1, 0.15) is 33.3 Å². The molecule has 0 aliphatic heterocycles. The summed E-state index contributed by atoms with van der Waals surface area (Å²) in [5, 5.41) is 0. The first-order valence-electron chi connectivity index (χ1n) is 6.07. The molecule has 0 atom stereocenters. The molecule has 0 radical (unpaired) electrons. The van der Waals surface area contributed by atoms with Gasteiger partial charge in [-0.2, -0.15) is 0 Å².